The monoisotopic (exact) mass is 536 g/mol. The lowest BCUT2D eigenvalue weighted by molar-refractivity contribution is -0.136. The van der Waals surface area contributed by atoms with Gasteiger partial charge in [0.15, 0.2) is 0 Å². The fraction of sp³-hybridized carbons (Fsp3) is 0.355. The van der Waals surface area contributed by atoms with Gasteiger partial charge in [-0.1, -0.05) is 43.5 Å². The van der Waals surface area contributed by atoms with Crippen LogP contribution in [0.3, 0.4) is 0 Å². The van der Waals surface area contributed by atoms with Crippen LogP contribution in [0.4, 0.5) is 0 Å². The van der Waals surface area contributed by atoms with Gasteiger partial charge < -0.3 is 4.90 Å². The number of hydrogen-bond acceptors (Lipinski definition) is 6. The Morgan fingerprint density at radius 2 is 1.75 bits per heavy atom. The van der Waals surface area contributed by atoms with Crippen molar-refractivity contribution in [2.24, 2.45) is 0 Å². The molecule has 0 radical (unpaired) electrons. The van der Waals surface area contributed by atoms with Gasteiger partial charge in [-0.3, -0.25) is 29.4 Å². The molecule has 3 amide bonds. The number of fused-ring (bicyclic) bond motifs is 2. The maximum Gasteiger partial charge on any atom is 0.255 e. The van der Waals surface area contributed by atoms with E-state index in [0.29, 0.717) is 18.5 Å². The van der Waals surface area contributed by atoms with Crippen LogP contribution >= 0.6 is 0 Å². The Morgan fingerprint density at radius 1 is 0.925 bits per heavy atom. The Kier molecular flexibility index (Phi) is 7.35. The number of carbonyl (C=O) groups excluding carboxylic acids is 3. The topological polar surface area (TPSA) is 110 Å². The van der Waals surface area contributed by atoms with Crippen LogP contribution < -0.4 is 5.32 Å². The van der Waals surface area contributed by atoms with E-state index in [-0.39, 0.29) is 24.1 Å². The summed E-state index contributed by atoms with van der Waals surface area (Å²) in [4.78, 5) is 47.4. The highest BCUT2D eigenvalue weighted by atomic mass is 16.2. The predicted molar refractivity (Wildman–Crippen MR) is 150 cm³/mol. The fourth-order valence-corrected chi connectivity index (χ4v) is 5.63. The molecule has 0 spiro atoms. The maximum absolute atomic E-state index is 12.9. The normalized spacial score (nSPS) is 16.9. The third-order valence-electron chi connectivity index (χ3n) is 7.82. The van der Waals surface area contributed by atoms with E-state index in [4.69, 9.17) is 4.98 Å². The Bertz CT molecular complexity index is 1580. The minimum atomic E-state index is -0.568. The van der Waals surface area contributed by atoms with Crippen LogP contribution in [0.2, 0.25) is 0 Å². The first-order valence-electron chi connectivity index (χ1n) is 14.1. The van der Waals surface area contributed by atoms with E-state index >= 15 is 0 Å². The summed E-state index contributed by atoms with van der Waals surface area (Å²) in [6.07, 6.45) is 12.9. The van der Waals surface area contributed by atoms with Gasteiger partial charge in [0.1, 0.15) is 6.04 Å². The van der Waals surface area contributed by atoms with Crippen LogP contribution in [0.15, 0.2) is 61.1 Å². The van der Waals surface area contributed by atoms with Crippen molar-refractivity contribution < 1.29 is 14.4 Å². The summed E-state index contributed by atoms with van der Waals surface area (Å²) >= 11 is 0. The van der Waals surface area contributed by atoms with Crippen LogP contribution in [-0.4, -0.2) is 48.4 Å². The Morgan fingerprint density at radius 3 is 2.62 bits per heavy atom. The quantitative estimate of drug-likeness (QED) is 0.237. The number of para-hydroxylation sites is 2. The first-order chi connectivity index (χ1) is 19.5. The largest absolute Gasteiger partial charge is 0.322 e. The van der Waals surface area contributed by atoms with Crippen LogP contribution in [-0.2, 0) is 29.1 Å². The van der Waals surface area contributed by atoms with Crippen molar-refractivity contribution in [3.63, 3.8) is 0 Å². The molecule has 1 N–H and O–H groups in total. The number of hydrogen-bond donors (Lipinski definition) is 1. The molecule has 1 saturated heterocycles. The molecular weight excluding hydrogens is 504 g/mol. The first kappa shape index (κ1) is 25.9. The summed E-state index contributed by atoms with van der Waals surface area (Å²) in [5.74, 6) is -0.758. The number of imide groups is 1. The van der Waals surface area contributed by atoms with E-state index in [0.717, 1.165) is 72.9 Å². The molecule has 1 unspecified atom stereocenters. The molecule has 1 atom stereocenters. The number of aromatic nitrogens is 4. The van der Waals surface area contributed by atoms with Gasteiger partial charge in [0.25, 0.3) is 5.91 Å². The van der Waals surface area contributed by atoms with Gasteiger partial charge in [0, 0.05) is 36.8 Å². The zero-order valence-electron chi connectivity index (χ0n) is 22.4. The summed E-state index contributed by atoms with van der Waals surface area (Å²) in [6.45, 7) is 1.31. The second kappa shape index (κ2) is 11.4. The highest BCUT2D eigenvalue weighted by Crippen LogP contribution is 2.28. The molecule has 40 heavy (non-hydrogen) atoms. The van der Waals surface area contributed by atoms with Crippen molar-refractivity contribution in [3.05, 3.63) is 77.7 Å². The molecule has 2 aliphatic rings. The molecule has 1 fully saturated rings. The second-order valence-electron chi connectivity index (χ2n) is 10.6. The molecule has 9 nitrogen and oxygen atoms in total. The third-order valence-corrected chi connectivity index (χ3v) is 7.82. The molecule has 2 aromatic carbocycles. The summed E-state index contributed by atoms with van der Waals surface area (Å²) in [7, 11) is 0. The molecule has 204 valence electrons. The van der Waals surface area contributed by atoms with Crippen molar-refractivity contribution in [1.29, 1.82) is 0 Å². The highest BCUT2D eigenvalue weighted by Gasteiger charge is 2.39. The van der Waals surface area contributed by atoms with Gasteiger partial charge in [0.05, 0.1) is 29.1 Å². The summed E-state index contributed by atoms with van der Waals surface area (Å²) in [5.41, 5.74) is 6.46. The molecule has 4 aromatic rings. The Balaban J connectivity index is 0.923. The minimum absolute atomic E-state index is 0.120. The number of nitrogens with zero attached hydrogens (tertiary/aromatic N) is 5. The summed E-state index contributed by atoms with van der Waals surface area (Å²) in [5, 5.41) is 6.86. The Labute approximate surface area is 232 Å². The van der Waals surface area contributed by atoms with Crippen LogP contribution in [0.1, 0.15) is 66.4 Å². The van der Waals surface area contributed by atoms with Gasteiger partial charge in [-0.05, 0) is 55.0 Å². The molecule has 9 heteroatoms. The zero-order valence-corrected chi connectivity index (χ0v) is 22.4. The molecule has 6 rings (SSSR count). The predicted octanol–water partition coefficient (Wildman–Crippen LogP) is 4.45. The maximum atomic E-state index is 12.9. The van der Waals surface area contributed by atoms with Crippen molar-refractivity contribution in [2.45, 2.75) is 70.5 Å². The molecule has 0 saturated carbocycles. The number of rotatable bonds is 10. The van der Waals surface area contributed by atoms with Crippen molar-refractivity contribution in [1.82, 2.24) is 30.0 Å². The van der Waals surface area contributed by atoms with Crippen molar-refractivity contribution >= 4 is 28.8 Å². The SMILES string of the molecule is O=C1CCC(N2Cc3cc(CCCCCCCn4cc(-c5cnc6ccccc6n5)cn4)ccc3C2=O)C(=O)N1. The number of benzene rings is 2. The van der Waals surface area contributed by atoms with Crippen LogP contribution in [0.5, 0.6) is 0 Å². The average molecular weight is 537 g/mol. The van der Waals surface area contributed by atoms with E-state index in [1.807, 2.05) is 53.5 Å². The van der Waals surface area contributed by atoms with Gasteiger partial charge >= 0.3 is 0 Å². The van der Waals surface area contributed by atoms with E-state index in [2.05, 4.69) is 21.5 Å². The third kappa shape index (κ3) is 5.50. The highest BCUT2D eigenvalue weighted by molar-refractivity contribution is 6.05. The molecule has 2 aromatic heterocycles. The van der Waals surface area contributed by atoms with E-state index in [9.17, 15) is 14.4 Å². The van der Waals surface area contributed by atoms with Crippen LogP contribution in [0, 0.1) is 0 Å². The number of piperidine rings is 1. The van der Waals surface area contributed by atoms with Gasteiger partial charge in [0.2, 0.25) is 11.8 Å². The summed E-state index contributed by atoms with van der Waals surface area (Å²) in [6, 6.07) is 13.3. The standard InChI is InChI=1S/C31H32N6O3/c38-29-14-13-28(30(39)35-29)37-20-22-16-21(11-12-24(22)31(37)40)8-4-2-1-3-7-15-36-19-23(17-33-36)27-18-32-25-9-5-6-10-26(25)34-27/h5-6,9-12,16-19,28H,1-4,7-8,13-15,20H2,(H,35,38,39). The van der Waals surface area contributed by atoms with E-state index in [1.54, 1.807) is 11.1 Å². The smallest absolute Gasteiger partial charge is 0.255 e. The number of amides is 3. The number of carbonyl (C=O) groups is 3. The molecule has 4 heterocycles. The fourth-order valence-electron chi connectivity index (χ4n) is 5.63. The van der Waals surface area contributed by atoms with Crippen molar-refractivity contribution in [3.8, 4) is 11.3 Å². The lowest BCUT2D eigenvalue weighted by Gasteiger charge is -2.29. The molecular formula is C31H32N6O3. The molecule has 2 aliphatic heterocycles. The number of unbranched alkanes of at least 4 members (excludes halogenated alkanes) is 4. The van der Waals surface area contributed by atoms with E-state index in [1.165, 1.54) is 5.56 Å². The van der Waals surface area contributed by atoms with Gasteiger partial charge in [-0.25, -0.2) is 4.98 Å². The van der Waals surface area contributed by atoms with Gasteiger partial charge in [-0.2, -0.15) is 5.10 Å². The molecule has 0 bridgehead atoms. The van der Waals surface area contributed by atoms with Crippen molar-refractivity contribution in [2.75, 3.05) is 0 Å². The molecule has 0 aliphatic carbocycles. The lowest BCUT2D eigenvalue weighted by Crippen LogP contribution is -2.52. The van der Waals surface area contributed by atoms with Crippen LogP contribution in [0.25, 0.3) is 22.3 Å². The zero-order chi connectivity index (χ0) is 27.5. The average Bonchev–Trinajstić information content (AvgIpc) is 3.56. The second-order valence-corrected chi connectivity index (χ2v) is 10.6. The Hall–Kier alpha value is -4.40. The van der Waals surface area contributed by atoms with Gasteiger partial charge in [-0.15, -0.1) is 0 Å². The lowest BCUT2D eigenvalue weighted by atomic mass is 10.0. The minimum Gasteiger partial charge on any atom is -0.322 e. The number of nitrogens with one attached hydrogen (secondary N) is 1. The summed E-state index contributed by atoms with van der Waals surface area (Å²) < 4.78 is 1.98. The number of aryl methyl sites for hydroxylation is 2. The first-order valence-corrected chi connectivity index (χ1v) is 14.1. The van der Waals surface area contributed by atoms with E-state index < -0.39 is 6.04 Å².